The van der Waals surface area contributed by atoms with E-state index in [4.69, 9.17) is 0 Å². The van der Waals surface area contributed by atoms with Crippen molar-refractivity contribution in [1.82, 2.24) is 13.6 Å². The van der Waals surface area contributed by atoms with Crippen LogP contribution in [0.15, 0.2) is 23.4 Å². The molecule has 0 spiro atoms. The monoisotopic (exact) mass is 394 g/mol. The van der Waals surface area contributed by atoms with E-state index in [9.17, 15) is 0 Å². The minimum atomic E-state index is 0. The van der Waals surface area contributed by atoms with Crippen LogP contribution in [-0.2, 0) is 0 Å². The lowest BCUT2D eigenvalue weighted by Gasteiger charge is -2.18. The molecule has 18 heavy (non-hydrogen) atoms. The Morgan fingerprint density at radius 3 is 3.00 bits per heavy atom. The highest BCUT2D eigenvalue weighted by Gasteiger charge is 2.15. The molecule has 0 bridgehead atoms. The molecule has 1 aromatic rings. The van der Waals surface area contributed by atoms with E-state index in [2.05, 4.69) is 46.0 Å². The van der Waals surface area contributed by atoms with Gasteiger partial charge in [0.1, 0.15) is 10.7 Å². The third-order valence-electron chi connectivity index (χ3n) is 2.56. The van der Waals surface area contributed by atoms with Crippen molar-refractivity contribution in [1.29, 1.82) is 0 Å². The van der Waals surface area contributed by atoms with Crippen molar-refractivity contribution < 1.29 is 24.0 Å². The van der Waals surface area contributed by atoms with E-state index in [1.807, 2.05) is 11.8 Å². The number of likely N-dealkylation sites (N-methyl/N-ethyl adjacent to an activating group) is 1. The highest BCUT2D eigenvalue weighted by molar-refractivity contribution is 7.99. The fourth-order valence-electron chi connectivity index (χ4n) is 1.62. The molecule has 0 radical (unpaired) electrons. The number of rotatable bonds is 5. The number of halogens is 1. The first kappa shape index (κ1) is 16.0. The number of hydrogen-bond donors (Lipinski definition) is 0. The van der Waals surface area contributed by atoms with Gasteiger partial charge in [-0.15, -0.1) is 11.8 Å². The van der Waals surface area contributed by atoms with Gasteiger partial charge in [-0.05, 0) is 24.4 Å². The molecule has 0 fully saturated rings. The second-order valence-electron chi connectivity index (χ2n) is 4.07. The standard InChI is InChI=1S/C12H17N3S2.HI/c1-3-4-8-16-12-11(13-17-14-12)10-6-5-7-15(2)9-10;/h5-7H,3-4,8-9H2,1-2H3;1H/p-1. The SMILES string of the molecule is CCCCSc1nsnc1C1=CC=CN(C)C1.[I-]. The summed E-state index contributed by atoms with van der Waals surface area (Å²) in [6, 6.07) is 0. The van der Waals surface area contributed by atoms with E-state index in [-0.39, 0.29) is 24.0 Å². The Morgan fingerprint density at radius 2 is 2.28 bits per heavy atom. The van der Waals surface area contributed by atoms with Gasteiger partial charge in [0.15, 0.2) is 0 Å². The van der Waals surface area contributed by atoms with E-state index in [0.717, 1.165) is 23.0 Å². The molecular formula is C12H17IN3S2-. The number of aromatic nitrogens is 2. The average Bonchev–Trinajstić information content (AvgIpc) is 2.78. The maximum atomic E-state index is 4.43. The quantitative estimate of drug-likeness (QED) is 0.408. The molecule has 0 amide bonds. The van der Waals surface area contributed by atoms with Crippen LogP contribution in [0.1, 0.15) is 25.5 Å². The van der Waals surface area contributed by atoms with Gasteiger partial charge in [0, 0.05) is 19.2 Å². The third kappa shape index (κ3) is 4.24. The summed E-state index contributed by atoms with van der Waals surface area (Å²) in [6.07, 6.45) is 8.75. The minimum Gasteiger partial charge on any atom is -1.00 e. The second kappa shape index (κ2) is 8.16. The molecule has 2 rings (SSSR count). The minimum absolute atomic E-state index is 0. The van der Waals surface area contributed by atoms with Gasteiger partial charge in [-0.1, -0.05) is 19.4 Å². The molecule has 1 aliphatic heterocycles. The molecule has 0 aromatic carbocycles. The van der Waals surface area contributed by atoms with Gasteiger partial charge in [-0.25, -0.2) is 0 Å². The van der Waals surface area contributed by atoms with Crippen molar-refractivity contribution in [3.63, 3.8) is 0 Å². The van der Waals surface area contributed by atoms with Gasteiger partial charge in [-0.3, -0.25) is 0 Å². The third-order valence-corrected chi connectivity index (χ3v) is 4.25. The lowest BCUT2D eigenvalue weighted by Crippen LogP contribution is -3.00. The predicted molar refractivity (Wildman–Crippen MR) is 75.3 cm³/mol. The Bertz CT molecular complexity index is 429. The topological polar surface area (TPSA) is 29.0 Å². The van der Waals surface area contributed by atoms with Crippen LogP contribution >= 0.6 is 23.5 Å². The van der Waals surface area contributed by atoms with Crippen LogP contribution in [0.4, 0.5) is 0 Å². The van der Waals surface area contributed by atoms with Crippen LogP contribution in [0, 0.1) is 0 Å². The van der Waals surface area contributed by atoms with Crippen LogP contribution in [0.2, 0.25) is 0 Å². The highest BCUT2D eigenvalue weighted by atomic mass is 127. The van der Waals surface area contributed by atoms with E-state index >= 15 is 0 Å². The largest absolute Gasteiger partial charge is 1.00 e. The van der Waals surface area contributed by atoms with Crippen molar-refractivity contribution >= 4 is 29.1 Å². The summed E-state index contributed by atoms with van der Waals surface area (Å²) in [5.74, 6) is 1.13. The molecule has 2 heterocycles. The molecule has 100 valence electrons. The van der Waals surface area contributed by atoms with Crippen molar-refractivity contribution in [2.24, 2.45) is 0 Å². The molecule has 0 N–H and O–H groups in total. The van der Waals surface area contributed by atoms with E-state index < -0.39 is 0 Å². The molecule has 0 unspecified atom stereocenters. The summed E-state index contributed by atoms with van der Waals surface area (Å²) in [7, 11) is 2.08. The number of allylic oxidation sites excluding steroid dienone is 2. The zero-order valence-corrected chi connectivity index (χ0v) is 14.4. The number of nitrogens with zero attached hydrogens (tertiary/aromatic N) is 3. The van der Waals surface area contributed by atoms with Crippen molar-refractivity contribution in [2.45, 2.75) is 24.8 Å². The van der Waals surface area contributed by atoms with Crippen molar-refractivity contribution in [3.05, 3.63) is 24.0 Å². The van der Waals surface area contributed by atoms with Gasteiger partial charge in [0.25, 0.3) is 0 Å². The van der Waals surface area contributed by atoms with Gasteiger partial charge < -0.3 is 28.9 Å². The molecule has 0 atom stereocenters. The number of hydrogen-bond acceptors (Lipinski definition) is 5. The average molecular weight is 394 g/mol. The van der Waals surface area contributed by atoms with Gasteiger partial charge in [0.05, 0.1) is 11.7 Å². The molecule has 3 nitrogen and oxygen atoms in total. The Labute approximate surface area is 134 Å². The molecule has 0 saturated carbocycles. The van der Waals surface area contributed by atoms with E-state index in [1.165, 1.54) is 30.1 Å². The molecule has 1 aromatic heterocycles. The summed E-state index contributed by atoms with van der Waals surface area (Å²) < 4.78 is 8.83. The first-order valence-corrected chi connectivity index (χ1v) is 7.56. The first-order valence-electron chi connectivity index (χ1n) is 5.84. The molecule has 0 saturated heterocycles. The highest BCUT2D eigenvalue weighted by Crippen LogP contribution is 2.28. The Morgan fingerprint density at radius 1 is 1.44 bits per heavy atom. The second-order valence-corrected chi connectivity index (χ2v) is 5.68. The van der Waals surface area contributed by atoms with E-state index in [1.54, 1.807) is 0 Å². The number of thioether (sulfide) groups is 1. The zero-order chi connectivity index (χ0) is 12.1. The zero-order valence-electron chi connectivity index (χ0n) is 10.6. The summed E-state index contributed by atoms with van der Waals surface area (Å²) in [5, 5.41) is 1.10. The maximum Gasteiger partial charge on any atom is 0.138 e. The van der Waals surface area contributed by atoms with Gasteiger partial charge >= 0.3 is 0 Å². The van der Waals surface area contributed by atoms with Gasteiger partial charge in [0.2, 0.25) is 0 Å². The van der Waals surface area contributed by atoms with Crippen LogP contribution in [0.5, 0.6) is 0 Å². The summed E-state index contributed by atoms with van der Waals surface area (Å²) in [4.78, 5) is 2.16. The smallest absolute Gasteiger partial charge is 0.138 e. The fourth-order valence-corrected chi connectivity index (χ4v) is 3.41. The molecule has 6 heteroatoms. The summed E-state index contributed by atoms with van der Waals surface area (Å²) in [6.45, 7) is 3.13. The van der Waals surface area contributed by atoms with Crippen LogP contribution < -0.4 is 24.0 Å². The number of unbranched alkanes of at least 4 members (excludes halogenated alkanes) is 1. The lowest BCUT2D eigenvalue weighted by atomic mass is 10.1. The normalized spacial score (nSPS) is 14.3. The van der Waals surface area contributed by atoms with Crippen LogP contribution in [0.25, 0.3) is 5.57 Å². The summed E-state index contributed by atoms with van der Waals surface area (Å²) in [5.41, 5.74) is 2.34. The molecular weight excluding hydrogens is 377 g/mol. The summed E-state index contributed by atoms with van der Waals surface area (Å²) >= 11 is 3.14. The Kier molecular flexibility index (Phi) is 7.25. The lowest BCUT2D eigenvalue weighted by molar-refractivity contribution is -0.00000360. The first-order chi connectivity index (χ1) is 8.31. The van der Waals surface area contributed by atoms with E-state index in [0.29, 0.717) is 0 Å². The Hall–Kier alpha value is -0.0800. The van der Waals surface area contributed by atoms with Crippen LogP contribution in [0.3, 0.4) is 0 Å². The van der Waals surface area contributed by atoms with Gasteiger partial charge in [-0.2, -0.15) is 8.75 Å². The van der Waals surface area contributed by atoms with Crippen molar-refractivity contribution in [2.75, 3.05) is 19.3 Å². The Balaban J connectivity index is 0.00000162. The molecule has 0 aliphatic carbocycles. The molecule has 1 aliphatic rings. The van der Waals surface area contributed by atoms with Crippen molar-refractivity contribution in [3.8, 4) is 0 Å². The maximum absolute atomic E-state index is 4.43. The van der Waals surface area contributed by atoms with Crippen LogP contribution in [-0.4, -0.2) is 33.0 Å². The predicted octanol–water partition coefficient (Wildman–Crippen LogP) is 0.277. The fraction of sp³-hybridized carbons (Fsp3) is 0.500.